The second kappa shape index (κ2) is 9.53. The highest BCUT2D eigenvalue weighted by Crippen LogP contribution is 2.24. The minimum Gasteiger partial charge on any atom is -0.395 e. The Balaban J connectivity index is 1.27. The van der Waals surface area contributed by atoms with Crippen LogP contribution >= 0.6 is 0 Å². The van der Waals surface area contributed by atoms with Crippen molar-refractivity contribution in [3.8, 4) is 0 Å². The van der Waals surface area contributed by atoms with Crippen molar-refractivity contribution in [1.82, 2.24) is 9.97 Å². The molecule has 0 atom stereocenters. The zero-order valence-corrected chi connectivity index (χ0v) is 19.1. The molecular formula is C27H28N4O2. The largest absolute Gasteiger partial charge is 0.395 e. The minimum absolute atomic E-state index is 0.0117. The fraction of sp³-hybridized carbons (Fsp3) is 0.333. The molecule has 2 aliphatic rings. The maximum absolute atomic E-state index is 5.83. The molecule has 0 N–H and O–H groups in total. The molecule has 6 nitrogen and oxygen atoms in total. The Hall–Kier alpha value is -3.54. The van der Waals surface area contributed by atoms with Crippen LogP contribution in [-0.4, -0.2) is 34.6 Å². The van der Waals surface area contributed by atoms with Crippen LogP contribution in [0.1, 0.15) is 58.2 Å². The van der Waals surface area contributed by atoms with Crippen LogP contribution in [0, 0.1) is 13.8 Å². The van der Waals surface area contributed by atoms with Gasteiger partial charge >= 0.3 is 0 Å². The molecule has 6 heteroatoms. The molecule has 2 aliphatic carbocycles. The summed E-state index contributed by atoms with van der Waals surface area (Å²) in [5.41, 5.74) is 9.39. The zero-order valence-electron chi connectivity index (χ0n) is 19.1. The monoisotopic (exact) mass is 440 g/mol. The number of oxime groups is 2. The first-order valence-electron chi connectivity index (χ1n) is 11.5. The maximum Gasteiger partial charge on any atom is 0.127 e. The topological polar surface area (TPSA) is 69.0 Å². The molecule has 0 radical (unpaired) electrons. The van der Waals surface area contributed by atoms with E-state index in [9.17, 15) is 0 Å². The fourth-order valence-electron chi connectivity index (χ4n) is 4.37. The summed E-state index contributed by atoms with van der Waals surface area (Å²) in [6.45, 7) is 4.82. The first-order chi connectivity index (χ1) is 16.2. The van der Waals surface area contributed by atoms with Crippen LogP contribution in [0.3, 0.4) is 0 Å². The van der Waals surface area contributed by atoms with E-state index in [0.717, 1.165) is 65.4 Å². The second-order valence-corrected chi connectivity index (χ2v) is 8.70. The Morgan fingerprint density at radius 2 is 1.21 bits per heavy atom. The van der Waals surface area contributed by atoms with E-state index in [2.05, 4.69) is 44.5 Å². The van der Waals surface area contributed by atoms with Crippen LogP contribution in [0.15, 0.2) is 64.9 Å². The van der Waals surface area contributed by atoms with Crippen LogP contribution < -0.4 is 0 Å². The molecule has 2 heterocycles. The Bertz CT molecular complexity index is 1130. The lowest BCUT2D eigenvalue weighted by molar-refractivity contribution is 0.0715. The van der Waals surface area contributed by atoms with Crippen molar-refractivity contribution < 1.29 is 9.68 Å². The molecule has 33 heavy (non-hydrogen) atoms. The predicted molar refractivity (Wildman–Crippen MR) is 129 cm³/mol. The minimum atomic E-state index is 0.0117. The quantitative estimate of drug-likeness (QED) is 0.490. The third-order valence-electron chi connectivity index (χ3n) is 6.22. The van der Waals surface area contributed by atoms with Crippen molar-refractivity contribution >= 4 is 11.4 Å². The summed E-state index contributed by atoms with van der Waals surface area (Å²) in [4.78, 5) is 21.0. The number of hydrogen-bond acceptors (Lipinski definition) is 6. The van der Waals surface area contributed by atoms with Gasteiger partial charge in [-0.25, -0.2) is 0 Å². The van der Waals surface area contributed by atoms with Gasteiger partial charge in [0, 0.05) is 11.4 Å². The molecule has 0 bridgehead atoms. The van der Waals surface area contributed by atoms with E-state index in [-0.39, 0.29) is 5.92 Å². The second-order valence-electron chi connectivity index (χ2n) is 8.70. The van der Waals surface area contributed by atoms with Crippen LogP contribution in [0.4, 0.5) is 0 Å². The zero-order chi connectivity index (χ0) is 22.6. The predicted octanol–water partition coefficient (Wildman–Crippen LogP) is 4.91. The molecular weight excluding hydrogens is 412 g/mol. The molecule has 5 rings (SSSR count). The summed E-state index contributed by atoms with van der Waals surface area (Å²) < 4.78 is 0. The van der Waals surface area contributed by atoms with Gasteiger partial charge in [-0.3, -0.25) is 9.97 Å². The molecule has 0 saturated heterocycles. The standard InChI is InChI=1S/C27H28N4O2/c1-18-8-10-21-12-14-24(26(21)28-18)30-32-16-23(20-6-4-3-5-7-20)17-33-31-25-15-13-22-11-9-19(2)29-27(22)25/h3-11,23H,12-17H2,1-2H3/b30-24+,31-25+. The Kier molecular flexibility index (Phi) is 6.15. The molecule has 0 aliphatic heterocycles. The van der Waals surface area contributed by atoms with Crippen LogP contribution in [0.2, 0.25) is 0 Å². The average molecular weight is 441 g/mol. The van der Waals surface area contributed by atoms with Crippen molar-refractivity contribution in [3.05, 3.63) is 94.1 Å². The summed E-state index contributed by atoms with van der Waals surface area (Å²) in [6, 6.07) is 18.6. The molecule has 0 saturated carbocycles. The lowest BCUT2D eigenvalue weighted by Gasteiger charge is -2.15. The van der Waals surface area contributed by atoms with Crippen molar-refractivity contribution in [1.29, 1.82) is 0 Å². The number of hydrogen-bond donors (Lipinski definition) is 0. The molecule has 168 valence electrons. The summed E-state index contributed by atoms with van der Waals surface area (Å²) in [7, 11) is 0. The number of benzene rings is 1. The number of aromatic nitrogens is 2. The van der Waals surface area contributed by atoms with E-state index in [1.54, 1.807) is 0 Å². The molecule has 0 amide bonds. The van der Waals surface area contributed by atoms with Crippen molar-refractivity contribution in [3.63, 3.8) is 0 Å². The van der Waals surface area contributed by atoms with Gasteiger partial charge < -0.3 is 9.68 Å². The van der Waals surface area contributed by atoms with E-state index in [4.69, 9.17) is 9.68 Å². The van der Waals surface area contributed by atoms with Gasteiger partial charge in [-0.1, -0.05) is 52.8 Å². The molecule has 3 aromatic rings. The lowest BCUT2D eigenvalue weighted by atomic mass is 10.0. The number of pyridine rings is 2. The van der Waals surface area contributed by atoms with Gasteiger partial charge in [0.25, 0.3) is 0 Å². The number of rotatable bonds is 7. The first-order valence-corrected chi connectivity index (χ1v) is 11.5. The van der Waals surface area contributed by atoms with Gasteiger partial charge in [0.1, 0.15) is 24.6 Å². The van der Waals surface area contributed by atoms with Gasteiger partial charge in [0.05, 0.1) is 17.3 Å². The van der Waals surface area contributed by atoms with E-state index in [1.165, 1.54) is 11.1 Å². The average Bonchev–Trinajstić information content (AvgIpc) is 3.42. The van der Waals surface area contributed by atoms with E-state index < -0.39 is 0 Å². The normalized spacial score (nSPS) is 17.8. The SMILES string of the molecule is Cc1ccc2c(n1)/C(=N/OCC(CO/N=C1\CCc3ccc(C)nc31)c1ccccc1)CC2. The highest BCUT2D eigenvalue weighted by atomic mass is 16.6. The van der Waals surface area contributed by atoms with Gasteiger partial charge in [-0.15, -0.1) is 0 Å². The van der Waals surface area contributed by atoms with Crippen molar-refractivity contribution in [2.24, 2.45) is 10.3 Å². The number of fused-ring (bicyclic) bond motifs is 2. The number of aryl methyl sites for hydroxylation is 4. The van der Waals surface area contributed by atoms with E-state index in [0.29, 0.717) is 13.2 Å². The van der Waals surface area contributed by atoms with E-state index in [1.807, 2.05) is 44.2 Å². The van der Waals surface area contributed by atoms with Crippen molar-refractivity contribution in [2.75, 3.05) is 13.2 Å². The Morgan fingerprint density at radius 1 is 0.697 bits per heavy atom. The molecule has 2 aromatic heterocycles. The van der Waals surface area contributed by atoms with Gasteiger partial charge in [-0.2, -0.15) is 0 Å². The van der Waals surface area contributed by atoms with Gasteiger partial charge in [0.15, 0.2) is 0 Å². The highest BCUT2D eigenvalue weighted by molar-refractivity contribution is 6.03. The molecule has 0 fully saturated rings. The van der Waals surface area contributed by atoms with Crippen LogP contribution in [-0.2, 0) is 22.5 Å². The van der Waals surface area contributed by atoms with Crippen LogP contribution in [0.5, 0.6) is 0 Å². The van der Waals surface area contributed by atoms with Gasteiger partial charge in [-0.05, 0) is 68.4 Å². The Morgan fingerprint density at radius 3 is 1.73 bits per heavy atom. The molecule has 0 spiro atoms. The third kappa shape index (κ3) is 4.80. The van der Waals surface area contributed by atoms with Gasteiger partial charge in [0.2, 0.25) is 0 Å². The maximum atomic E-state index is 5.83. The highest BCUT2D eigenvalue weighted by Gasteiger charge is 2.22. The lowest BCUT2D eigenvalue weighted by Crippen LogP contribution is -2.13. The third-order valence-corrected chi connectivity index (χ3v) is 6.22. The summed E-state index contributed by atoms with van der Waals surface area (Å²) in [5.74, 6) is 0.0117. The first kappa shape index (κ1) is 21.3. The van der Waals surface area contributed by atoms with Crippen LogP contribution in [0.25, 0.3) is 0 Å². The summed E-state index contributed by atoms with van der Waals surface area (Å²) >= 11 is 0. The smallest absolute Gasteiger partial charge is 0.127 e. The fourth-order valence-corrected chi connectivity index (χ4v) is 4.37. The molecule has 1 aromatic carbocycles. The summed E-state index contributed by atoms with van der Waals surface area (Å²) in [5, 5.41) is 8.90. The number of nitrogens with zero attached hydrogens (tertiary/aromatic N) is 4. The van der Waals surface area contributed by atoms with E-state index >= 15 is 0 Å². The molecule has 0 unspecified atom stereocenters. The van der Waals surface area contributed by atoms with Crippen molar-refractivity contribution in [2.45, 2.75) is 45.4 Å². The Labute approximate surface area is 194 Å². The summed E-state index contributed by atoms with van der Waals surface area (Å²) in [6.07, 6.45) is 3.64.